The van der Waals surface area contributed by atoms with Gasteiger partial charge in [-0.25, -0.2) is 0 Å². The molecule has 0 aromatic rings. The van der Waals surface area contributed by atoms with Crippen molar-refractivity contribution in [3.8, 4) is 0 Å². The smallest absolute Gasteiger partial charge is 0.199 e. The lowest BCUT2D eigenvalue weighted by Gasteiger charge is -2.08. The summed E-state index contributed by atoms with van der Waals surface area (Å²) < 4.78 is 59.1. The summed E-state index contributed by atoms with van der Waals surface area (Å²) in [5, 5.41) is 0. The normalized spacial score (nSPS) is 12.8. The molecule has 0 radical (unpaired) electrons. The van der Waals surface area contributed by atoms with Crippen LogP contribution in [0.2, 0.25) is 0 Å². The van der Waals surface area contributed by atoms with E-state index >= 15 is 0 Å². The molecule has 2 N–H and O–H groups in total. The van der Waals surface area contributed by atoms with Crippen LogP contribution in [0.1, 0.15) is 0 Å². The number of nitrogens with one attached hydrogen (secondary N) is 2. The predicted octanol–water partition coefficient (Wildman–Crippen LogP) is 0.159. The molecule has 0 saturated carbocycles. The van der Waals surface area contributed by atoms with E-state index in [0.717, 1.165) is 0 Å². The van der Waals surface area contributed by atoms with Crippen molar-refractivity contribution in [2.45, 2.75) is 6.18 Å². The van der Waals surface area contributed by atoms with Crippen molar-refractivity contribution >= 4 is 10.2 Å². The first-order chi connectivity index (χ1) is 5.77. The predicted molar refractivity (Wildman–Crippen MR) is 41.2 cm³/mol. The maximum atomic E-state index is 11.5. The Morgan fingerprint density at radius 3 is 2.23 bits per heavy atom. The average Bonchev–Trinajstić information content (AvgIpc) is 1.97. The molecule has 0 aliphatic carbocycles. The van der Waals surface area contributed by atoms with Gasteiger partial charge in [0.1, 0.15) is 6.54 Å². The fourth-order valence-electron chi connectivity index (χ4n) is 0.397. The molecule has 0 aromatic carbocycles. The van der Waals surface area contributed by atoms with E-state index < -0.39 is 22.9 Å². The van der Waals surface area contributed by atoms with E-state index in [1.807, 2.05) is 4.72 Å². The van der Waals surface area contributed by atoms with Crippen LogP contribution in [0.4, 0.5) is 13.2 Å². The van der Waals surface area contributed by atoms with Gasteiger partial charge in [0.15, 0.2) is 0 Å². The minimum Gasteiger partial charge on any atom is -0.199 e. The van der Waals surface area contributed by atoms with E-state index in [4.69, 9.17) is 0 Å². The van der Waals surface area contributed by atoms with Gasteiger partial charge < -0.3 is 0 Å². The summed E-state index contributed by atoms with van der Waals surface area (Å²) in [6.45, 7) is 1.49. The summed E-state index contributed by atoms with van der Waals surface area (Å²) in [5.41, 5.74) is 0. The molecule has 0 heterocycles. The number of halogens is 3. The van der Waals surface area contributed by atoms with Crippen LogP contribution in [-0.4, -0.2) is 27.7 Å². The first kappa shape index (κ1) is 12.4. The molecule has 0 fully saturated rings. The van der Waals surface area contributed by atoms with Crippen LogP contribution in [0.25, 0.3) is 0 Å². The molecule has 0 aliphatic rings. The van der Waals surface area contributed by atoms with Gasteiger partial charge in [-0.2, -0.15) is 31.0 Å². The molecule has 0 unspecified atom stereocenters. The average molecular weight is 218 g/mol. The Bertz CT molecular complexity index is 259. The molecule has 0 bridgehead atoms. The molecule has 4 nitrogen and oxygen atoms in total. The molecule has 0 spiro atoms. The standard InChI is InChI=1S/C5H9F3N2O2S/c1-2-3-9-13(11,12)10-4-5(6,7)8/h2,9-10H,1,3-4H2. The topological polar surface area (TPSA) is 58.2 Å². The summed E-state index contributed by atoms with van der Waals surface area (Å²) >= 11 is 0. The van der Waals surface area contributed by atoms with Crippen LogP contribution in [0, 0.1) is 0 Å². The molecule has 8 heteroatoms. The van der Waals surface area contributed by atoms with Gasteiger partial charge in [-0.05, 0) is 0 Å². The second kappa shape index (κ2) is 4.58. The summed E-state index contributed by atoms with van der Waals surface area (Å²) in [6.07, 6.45) is -3.34. The van der Waals surface area contributed by atoms with Crippen molar-refractivity contribution < 1.29 is 21.6 Å². The third kappa shape index (κ3) is 7.75. The van der Waals surface area contributed by atoms with E-state index in [1.54, 1.807) is 0 Å². The van der Waals surface area contributed by atoms with Gasteiger partial charge in [0, 0.05) is 6.54 Å². The Kier molecular flexibility index (Phi) is 4.37. The number of hydrogen-bond donors (Lipinski definition) is 2. The number of rotatable bonds is 5. The third-order valence-corrected chi connectivity index (χ3v) is 1.95. The fraction of sp³-hybridized carbons (Fsp3) is 0.600. The zero-order valence-corrected chi connectivity index (χ0v) is 7.37. The lowest BCUT2D eigenvalue weighted by Crippen LogP contribution is -2.41. The third-order valence-electron chi connectivity index (χ3n) is 0.880. The Hall–Kier alpha value is -0.600. The van der Waals surface area contributed by atoms with Gasteiger partial charge in [-0.15, -0.1) is 6.58 Å². The van der Waals surface area contributed by atoms with Gasteiger partial charge in [0.05, 0.1) is 0 Å². The van der Waals surface area contributed by atoms with Crippen LogP contribution in [0.5, 0.6) is 0 Å². The van der Waals surface area contributed by atoms with Gasteiger partial charge >= 0.3 is 6.18 Å². The van der Waals surface area contributed by atoms with Gasteiger partial charge in [-0.3, -0.25) is 0 Å². The quantitative estimate of drug-likeness (QED) is 0.646. The van der Waals surface area contributed by atoms with Crippen LogP contribution < -0.4 is 9.44 Å². The maximum Gasteiger partial charge on any atom is 0.402 e. The van der Waals surface area contributed by atoms with Crippen molar-refractivity contribution in [1.82, 2.24) is 9.44 Å². The lowest BCUT2D eigenvalue weighted by molar-refractivity contribution is -0.121. The first-order valence-electron chi connectivity index (χ1n) is 3.19. The molecule has 0 amide bonds. The van der Waals surface area contributed by atoms with E-state index in [1.165, 1.54) is 10.8 Å². The summed E-state index contributed by atoms with van der Waals surface area (Å²) in [7, 11) is -4.07. The van der Waals surface area contributed by atoms with Crippen molar-refractivity contribution in [1.29, 1.82) is 0 Å². The number of hydrogen-bond acceptors (Lipinski definition) is 2. The largest absolute Gasteiger partial charge is 0.402 e. The second-order valence-electron chi connectivity index (χ2n) is 2.08. The summed E-state index contributed by atoms with van der Waals surface area (Å²) in [4.78, 5) is 0. The monoisotopic (exact) mass is 218 g/mol. The van der Waals surface area contributed by atoms with Crippen molar-refractivity contribution in [3.63, 3.8) is 0 Å². The molecule has 0 aromatic heterocycles. The van der Waals surface area contributed by atoms with Crippen molar-refractivity contribution in [2.75, 3.05) is 13.1 Å². The molecule has 0 atom stereocenters. The van der Waals surface area contributed by atoms with Crippen LogP contribution in [-0.2, 0) is 10.2 Å². The van der Waals surface area contributed by atoms with Gasteiger partial charge in [-0.1, -0.05) is 6.08 Å². The highest BCUT2D eigenvalue weighted by atomic mass is 32.2. The minimum absolute atomic E-state index is 0.118. The van der Waals surface area contributed by atoms with E-state index in [9.17, 15) is 21.6 Å². The van der Waals surface area contributed by atoms with Crippen molar-refractivity contribution in [3.05, 3.63) is 12.7 Å². The molecule has 0 saturated heterocycles. The lowest BCUT2D eigenvalue weighted by atomic mass is 10.7. The Labute approximate surface area is 74.0 Å². The highest BCUT2D eigenvalue weighted by Crippen LogP contribution is 2.12. The minimum atomic E-state index is -4.55. The Balaban J connectivity index is 3.97. The summed E-state index contributed by atoms with van der Waals surface area (Å²) in [6, 6.07) is 0. The highest BCUT2D eigenvalue weighted by Gasteiger charge is 2.29. The fourth-order valence-corrected chi connectivity index (χ4v) is 1.19. The maximum absolute atomic E-state index is 11.5. The number of alkyl halides is 3. The SMILES string of the molecule is C=CCNS(=O)(=O)NCC(F)(F)F. The molecule has 13 heavy (non-hydrogen) atoms. The van der Waals surface area contributed by atoms with Crippen LogP contribution >= 0.6 is 0 Å². The Morgan fingerprint density at radius 1 is 1.31 bits per heavy atom. The van der Waals surface area contributed by atoms with E-state index in [-0.39, 0.29) is 6.54 Å². The van der Waals surface area contributed by atoms with Gasteiger partial charge in [0.25, 0.3) is 10.2 Å². The second-order valence-corrected chi connectivity index (χ2v) is 3.66. The molecular weight excluding hydrogens is 209 g/mol. The molecule has 78 valence electrons. The molecule has 0 rings (SSSR count). The van der Waals surface area contributed by atoms with E-state index in [2.05, 4.69) is 6.58 Å². The highest BCUT2D eigenvalue weighted by molar-refractivity contribution is 7.87. The first-order valence-corrected chi connectivity index (χ1v) is 4.67. The molecule has 0 aliphatic heterocycles. The van der Waals surface area contributed by atoms with Crippen molar-refractivity contribution in [2.24, 2.45) is 0 Å². The summed E-state index contributed by atoms with van der Waals surface area (Å²) in [5.74, 6) is 0. The zero-order chi connectivity index (χ0) is 10.5. The van der Waals surface area contributed by atoms with E-state index in [0.29, 0.717) is 0 Å². The van der Waals surface area contributed by atoms with Crippen LogP contribution in [0.15, 0.2) is 12.7 Å². The Morgan fingerprint density at radius 2 is 1.85 bits per heavy atom. The van der Waals surface area contributed by atoms with Gasteiger partial charge in [0.2, 0.25) is 0 Å². The van der Waals surface area contributed by atoms with Crippen LogP contribution in [0.3, 0.4) is 0 Å². The zero-order valence-electron chi connectivity index (χ0n) is 6.56. The molecular formula is C5H9F3N2O2S.